The monoisotopic (exact) mass is 396 g/mol. The summed E-state index contributed by atoms with van der Waals surface area (Å²) in [6, 6.07) is 15.6. The number of methoxy groups -OCH3 is 1. The van der Waals surface area contributed by atoms with Gasteiger partial charge in [-0.25, -0.2) is 4.79 Å². The fourth-order valence-electron chi connectivity index (χ4n) is 2.49. The molecule has 1 heterocycles. The lowest BCUT2D eigenvalue weighted by Gasteiger charge is -2.13. The number of carbonyl (C=O) groups is 2. The van der Waals surface area contributed by atoms with Crippen LogP contribution in [0.5, 0.6) is 0 Å². The topological polar surface area (TPSA) is 93.2 Å². The Morgan fingerprint density at radius 2 is 1.79 bits per heavy atom. The van der Waals surface area contributed by atoms with Crippen LogP contribution in [0.2, 0.25) is 0 Å². The Labute approximate surface area is 166 Å². The van der Waals surface area contributed by atoms with Gasteiger partial charge in [-0.1, -0.05) is 48.6 Å². The lowest BCUT2D eigenvalue weighted by Crippen LogP contribution is -2.34. The normalized spacial score (nSPS) is 11.5. The van der Waals surface area contributed by atoms with Crippen molar-refractivity contribution < 1.29 is 14.3 Å². The van der Waals surface area contributed by atoms with Crippen LogP contribution >= 0.6 is 11.3 Å². The summed E-state index contributed by atoms with van der Waals surface area (Å²) >= 11 is 1.18. The molecule has 0 aliphatic heterocycles. The number of carbonyl (C=O) groups excluding carboxylic acids is 2. The summed E-state index contributed by atoms with van der Waals surface area (Å²) in [7, 11) is 1.26. The van der Waals surface area contributed by atoms with Gasteiger partial charge >= 0.3 is 5.97 Å². The highest BCUT2D eigenvalue weighted by atomic mass is 32.1. The fourth-order valence-corrected chi connectivity index (χ4v) is 3.30. The van der Waals surface area contributed by atoms with Gasteiger partial charge in [0.05, 0.1) is 7.11 Å². The molecule has 0 radical (unpaired) electrons. The van der Waals surface area contributed by atoms with Gasteiger partial charge in [0.15, 0.2) is 11.0 Å². The Morgan fingerprint density at radius 1 is 1.07 bits per heavy atom. The first-order chi connectivity index (χ1) is 13.6. The van der Waals surface area contributed by atoms with Crippen LogP contribution in [-0.2, 0) is 16.0 Å². The van der Waals surface area contributed by atoms with E-state index in [2.05, 4.69) is 27.8 Å². The molecule has 1 aromatic heterocycles. The molecular formula is C20H20N4O3S. The number of amides is 1. The van der Waals surface area contributed by atoms with E-state index in [1.165, 1.54) is 24.0 Å². The molecule has 2 N–H and O–H groups in total. The number of aryl methyl sites for hydroxylation is 1. The van der Waals surface area contributed by atoms with E-state index in [0.717, 1.165) is 12.1 Å². The lowest BCUT2D eigenvalue weighted by atomic mass is 10.1. The molecule has 28 heavy (non-hydrogen) atoms. The predicted molar refractivity (Wildman–Crippen MR) is 108 cm³/mol. The summed E-state index contributed by atoms with van der Waals surface area (Å²) in [6.45, 7) is 2.09. The quantitative estimate of drug-likeness (QED) is 0.594. The molecule has 0 aliphatic carbocycles. The van der Waals surface area contributed by atoms with E-state index < -0.39 is 17.9 Å². The molecular weight excluding hydrogens is 376 g/mol. The minimum atomic E-state index is -1.03. The van der Waals surface area contributed by atoms with Crippen molar-refractivity contribution in [2.45, 2.75) is 19.4 Å². The molecule has 0 aliphatic rings. The molecule has 0 saturated carbocycles. The number of ether oxygens (including phenoxy) is 1. The van der Waals surface area contributed by atoms with Gasteiger partial charge in [-0.2, -0.15) is 0 Å². The van der Waals surface area contributed by atoms with E-state index in [4.69, 9.17) is 4.74 Å². The lowest BCUT2D eigenvalue weighted by molar-refractivity contribution is -0.143. The van der Waals surface area contributed by atoms with Gasteiger partial charge in [0, 0.05) is 11.3 Å². The zero-order valence-corrected chi connectivity index (χ0v) is 16.3. The van der Waals surface area contributed by atoms with Crippen LogP contribution in [0, 0.1) is 0 Å². The average molecular weight is 396 g/mol. The van der Waals surface area contributed by atoms with Crippen LogP contribution in [0.1, 0.15) is 33.9 Å². The smallest absolute Gasteiger partial charge is 0.335 e. The number of aromatic nitrogens is 2. The minimum Gasteiger partial charge on any atom is -0.467 e. The SMILES string of the molecule is CCc1ccc(Nc2nnc([C@@H](NC(=O)c3ccccc3)C(=O)OC)s2)cc1. The van der Waals surface area contributed by atoms with Crippen molar-refractivity contribution in [3.05, 3.63) is 70.7 Å². The Morgan fingerprint density at radius 3 is 2.43 bits per heavy atom. The van der Waals surface area contributed by atoms with Gasteiger partial charge in [-0.05, 0) is 36.2 Å². The molecule has 1 amide bonds. The van der Waals surface area contributed by atoms with Gasteiger partial charge in [0.2, 0.25) is 5.13 Å². The van der Waals surface area contributed by atoms with Crippen LogP contribution in [-0.4, -0.2) is 29.2 Å². The second-order valence-electron chi connectivity index (χ2n) is 5.92. The second-order valence-corrected chi connectivity index (χ2v) is 6.93. The highest BCUT2D eigenvalue weighted by molar-refractivity contribution is 7.15. The van der Waals surface area contributed by atoms with Crippen molar-refractivity contribution in [3.63, 3.8) is 0 Å². The van der Waals surface area contributed by atoms with E-state index in [0.29, 0.717) is 15.7 Å². The van der Waals surface area contributed by atoms with Crippen molar-refractivity contribution in [1.29, 1.82) is 0 Å². The van der Waals surface area contributed by atoms with E-state index in [9.17, 15) is 9.59 Å². The van der Waals surface area contributed by atoms with Crippen molar-refractivity contribution in [1.82, 2.24) is 15.5 Å². The molecule has 2 aromatic carbocycles. The standard InChI is InChI=1S/C20H20N4O3S/c1-3-13-9-11-15(12-10-13)21-20-24-23-18(28-20)16(19(26)27-2)22-17(25)14-7-5-4-6-8-14/h4-12,16H,3H2,1-2H3,(H,21,24)(H,22,25)/t16-/m1/s1. The van der Waals surface area contributed by atoms with Crippen molar-refractivity contribution in [2.75, 3.05) is 12.4 Å². The highest BCUT2D eigenvalue weighted by Gasteiger charge is 2.28. The van der Waals surface area contributed by atoms with Crippen LogP contribution < -0.4 is 10.6 Å². The number of esters is 1. The van der Waals surface area contributed by atoms with Crippen LogP contribution in [0.25, 0.3) is 0 Å². The molecule has 0 fully saturated rings. The molecule has 3 aromatic rings. The Bertz CT molecular complexity index is 942. The number of benzene rings is 2. The van der Waals surface area contributed by atoms with Gasteiger partial charge < -0.3 is 15.4 Å². The summed E-state index contributed by atoms with van der Waals surface area (Å²) in [5.41, 5.74) is 2.54. The fraction of sp³-hybridized carbons (Fsp3) is 0.200. The second kappa shape index (κ2) is 9.09. The number of anilines is 2. The van der Waals surface area contributed by atoms with Gasteiger partial charge in [-0.3, -0.25) is 4.79 Å². The van der Waals surface area contributed by atoms with E-state index in [1.807, 2.05) is 30.3 Å². The van der Waals surface area contributed by atoms with Crippen molar-refractivity contribution in [3.8, 4) is 0 Å². The summed E-state index contributed by atoms with van der Waals surface area (Å²) in [6.07, 6.45) is 0.963. The van der Waals surface area contributed by atoms with Crippen molar-refractivity contribution in [2.24, 2.45) is 0 Å². The summed E-state index contributed by atoms with van der Waals surface area (Å²) in [4.78, 5) is 24.6. The third kappa shape index (κ3) is 4.72. The van der Waals surface area contributed by atoms with E-state index in [-0.39, 0.29) is 0 Å². The van der Waals surface area contributed by atoms with Crippen LogP contribution in [0.3, 0.4) is 0 Å². The third-order valence-corrected chi connectivity index (χ3v) is 4.95. The summed E-state index contributed by atoms with van der Waals surface area (Å²) in [5.74, 6) is -1.00. The number of hydrogen-bond acceptors (Lipinski definition) is 7. The molecule has 0 saturated heterocycles. The van der Waals surface area contributed by atoms with E-state index in [1.54, 1.807) is 24.3 Å². The highest BCUT2D eigenvalue weighted by Crippen LogP contribution is 2.26. The first-order valence-corrected chi connectivity index (χ1v) is 9.55. The maximum Gasteiger partial charge on any atom is 0.335 e. The first kappa shape index (κ1) is 19.5. The number of rotatable bonds is 7. The molecule has 144 valence electrons. The van der Waals surface area contributed by atoms with Crippen molar-refractivity contribution >= 4 is 34.0 Å². The summed E-state index contributed by atoms with van der Waals surface area (Å²) < 4.78 is 4.82. The largest absolute Gasteiger partial charge is 0.467 e. The molecule has 8 heteroatoms. The summed E-state index contributed by atoms with van der Waals surface area (Å²) in [5, 5.41) is 14.8. The first-order valence-electron chi connectivity index (χ1n) is 8.73. The molecule has 7 nitrogen and oxygen atoms in total. The zero-order valence-electron chi connectivity index (χ0n) is 15.5. The Balaban J connectivity index is 1.75. The van der Waals surface area contributed by atoms with Crippen LogP contribution in [0.15, 0.2) is 54.6 Å². The average Bonchev–Trinajstić information content (AvgIpc) is 3.20. The minimum absolute atomic E-state index is 0.337. The number of nitrogens with one attached hydrogen (secondary N) is 2. The molecule has 3 rings (SSSR count). The maximum absolute atomic E-state index is 12.4. The number of hydrogen-bond donors (Lipinski definition) is 2. The Kier molecular flexibility index (Phi) is 6.33. The molecule has 0 spiro atoms. The van der Waals surface area contributed by atoms with Gasteiger partial charge in [0.1, 0.15) is 0 Å². The number of nitrogens with zero attached hydrogens (tertiary/aromatic N) is 2. The molecule has 0 bridgehead atoms. The van der Waals surface area contributed by atoms with E-state index >= 15 is 0 Å². The van der Waals surface area contributed by atoms with Gasteiger partial charge in [0.25, 0.3) is 5.91 Å². The predicted octanol–water partition coefficient (Wildman–Crippen LogP) is 3.49. The molecule has 1 atom stereocenters. The van der Waals surface area contributed by atoms with Crippen LogP contribution in [0.4, 0.5) is 10.8 Å². The third-order valence-electron chi connectivity index (χ3n) is 4.05. The zero-order chi connectivity index (χ0) is 19.9. The molecule has 0 unspecified atom stereocenters. The maximum atomic E-state index is 12.4. The Hall–Kier alpha value is -3.26. The van der Waals surface area contributed by atoms with Gasteiger partial charge in [-0.15, -0.1) is 10.2 Å².